The Kier molecular flexibility index (Phi) is 4.98. The van der Waals surface area contributed by atoms with E-state index in [-0.39, 0.29) is 5.91 Å². The van der Waals surface area contributed by atoms with Crippen molar-refractivity contribution < 1.29 is 4.79 Å². The second-order valence-electron chi connectivity index (χ2n) is 7.05. The molecule has 142 valence electrons. The molecule has 0 saturated heterocycles. The molecule has 0 saturated carbocycles. The number of amides is 1. The van der Waals surface area contributed by atoms with Gasteiger partial charge in [-0.05, 0) is 37.5 Å². The van der Waals surface area contributed by atoms with Crippen molar-refractivity contribution in [1.82, 2.24) is 20.1 Å². The smallest absolute Gasteiger partial charge is 0.255 e. The largest absolute Gasteiger partial charge is 0.361 e. The lowest BCUT2D eigenvalue weighted by Gasteiger charge is -2.07. The number of fused-ring (bicyclic) bond motifs is 1. The molecule has 28 heavy (non-hydrogen) atoms. The van der Waals surface area contributed by atoms with Gasteiger partial charge < -0.3 is 10.3 Å². The molecule has 0 aliphatic heterocycles. The Bertz CT molecular complexity index is 1110. The van der Waals surface area contributed by atoms with Crippen molar-refractivity contribution in [3.8, 4) is 0 Å². The molecule has 0 aliphatic rings. The van der Waals surface area contributed by atoms with Crippen LogP contribution in [0.15, 0.2) is 60.8 Å². The van der Waals surface area contributed by atoms with E-state index in [1.54, 1.807) is 0 Å². The number of carbonyl (C=O) groups is 1. The van der Waals surface area contributed by atoms with Crippen LogP contribution in [0.5, 0.6) is 0 Å². The third-order valence-electron chi connectivity index (χ3n) is 5.14. The molecule has 0 radical (unpaired) electrons. The number of hydrogen-bond donors (Lipinski definition) is 2. The lowest BCUT2D eigenvalue weighted by Crippen LogP contribution is -2.26. The molecule has 0 unspecified atom stereocenters. The number of aryl methyl sites for hydroxylation is 1. The first-order valence-electron chi connectivity index (χ1n) is 9.54. The van der Waals surface area contributed by atoms with Gasteiger partial charge >= 0.3 is 0 Å². The van der Waals surface area contributed by atoms with Crippen molar-refractivity contribution in [3.05, 3.63) is 88.9 Å². The highest BCUT2D eigenvalue weighted by Gasteiger charge is 2.18. The van der Waals surface area contributed by atoms with Gasteiger partial charge in [-0.1, -0.05) is 48.5 Å². The van der Waals surface area contributed by atoms with Crippen molar-refractivity contribution in [2.75, 3.05) is 6.54 Å². The summed E-state index contributed by atoms with van der Waals surface area (Å²) in [5.41, 5.74) is 5.83. The summed E-state index contributed by atoms with van der Waals surface area (Å²) >= 11 is 0. The molecule has 5 nitrogen and oxygen atoms in total. The van der Waals surface area contributed by atoms with Crippen LogP contribution >= 0.6 is 0 Å². The summed E-state index contributed by atoms with van der Waals surface area (Å²) < 4.78 is 1.90. The van der Waals surface area contributed by atoms with Crippen molar-refractivity contribution in [3.63, 3.8) is 0 Å². The Morgan fingerprint density at radius 1 is 1.07 bits per heavy atom. The van der Waals surface area contributed by atoms with E-state index < -0.39 is 0 Å². The molecule has 0 fully saturated rings. The molecule has 2 aromatic carbocycles. The Labute approximate surface area is 164 Å². The Morgan fingerprint density at radius 3 is 2.64 bits per heavy atom. The first kappa shape index (κ1) is 18.0. The molecule has 5 heteroatoms. The highest BCUT2D eigenvalue weighted by atomic mass is 16.1. The minimum atomic E-state index is -0.0610. The number of rotatable bonds is 6. The maximum absolute atomic E-state index is 12.8. The molecule has 4 rings (SSSR count). The molecule has 2 N–H and O–H groups in total. The van der Waals surface area contributed by atoms with E-state index in [1.807, 2.05) is 55.1 Å². The number of nitrogens with one attached hydrogen (secondary N) is 2. The van der Waals surface area contributed by atoms with Gasteiger partial charge in [0.1, 0.15) is 0 Å². The average Bonchev–Trinajstić information content (AvgIpc) is 3.23. The van der Waals surface area contributed by atoms with E-state index in [2.05, 4.69) is 39.7 Å². The normalized spacial score (nSPS) is 11.1. The lowest BCUT2D eigenvalue weighted by molar-refractivity contribution is 0.0953. The Morgan fingerprint density at radius 2 is 1.82 bits per heavy atom. The van der Waals surface area contributed by atoms with Gasteiger partial charge in [-0.25, -0.2) is 0 Å². The predicted molar refractivity (Wildman–Crippen MR) is 112 cm³/mol. The van der Waals surface area contributed by atoms with Gasteiger partial charge in [0.2, 0.25) is 0 Å². The van der Waals surface area contributed by atoms with Gasteiger partial charge in [-0.15, -0.1) is 0 Å². The van der Waals surface area contributed by atoms with Gasteiger partial charge in [0.05, 0.1) is 17.8 Å². The fourth-order valence-electron chi connectivity index (χ4n) is 3.67. The zero-order valence-electron chi connectivity index (χ0n) is 16.2. The lowest BCUT2D eigenvalue weighted by atomic mass is 10.1. The summed E-state index contributed by atoms with van der Waals surface area (Å²) in [4.78, 5) is 16.0. The van der Waals surface area contributed by atoms with Crippen LogP contribution in [-0.2, 0) is 13.0 Å². The SMILES string of the molecule is Cc1nn(Cc2ccccc2)c(C)c1C(=O)NCCc1c[nH]c2ccccc12. The van der Waals surface area contributed by atoms with Gasteiger partial charge in [0.25, 0.3) is 5.91 Å². The maximum Gasteiger partial charge on any atom is 0.255 e. The molecule has 0 spiro atoms. The first-order chi connectivity index (χ1) is 13.6. The van der Waals surface area contributed by atoms with Crippen LogP contribution in [0.2, 0.25) is 0 Å². The molecule has 0 atom stereocenters. The zero-order valence-corrected chi connectivity index (χ0v) is 16.2. The van der Waals surface area contributed by atoms with Gasteiger partial charge in [0.15, 0.2) is 0 Å². The minimum Gasteiger partial charge on any atom is -0.361 e. The van der Waals surface area contributed by atoms with Gasteiger partial charge in [0, 0.05) is 29.3 Å². The maximum atomic E-state index is 12.8. The van der Waals surface area contributed by atoms with E-state index >= 15 is 0 Å². The number of nitrogens with zero attached hydrogens (tertiary/aromatic N) is 2. The van der Waals surface area contributed by atoms with Crippen molar-refractivity contribution in [2.45, 2.75) is 26.8 Å². The highest BCUT2D eigenvalue weighted by Crippen LogP contribution is 2.18. The van der Waals surface area contributed by atoms with Gasteiger partial charge in [-0.2, -0.15) is 5.10 Å². The summed E-state index contributed by atoms with van der Waals surface area (Å²) in [6.45, 7) is 5.10. The van der Waals surface area contributed by atoms with Crippen LogP contribution < -0.4 is 5.32 Å². The van der Waals surface area contributed by atoms with Crippen LogP contribution in [0.1, 0.15) is 32.9 Å². The average molecular weight is 372 g/mol. The van der Waals surface area contributed by atoms with E-state index in [4.69, 9.17) is 0 Å². The second-order valence-corrected chi connectivity index (χ2v) is 7.05. The second kappa shape index (κ2) is 7.72. The third kappa shape index (κ3) is 3.56. The fourth-order valence-corrected chi connectivity index (χ4v) is 3.67. The van der Waals surface area contributed by atoms with Crippen LogP contribution in [-0.4, -0.2) is 27.2 Å². The summed E-state index contributed by atoms with van der Waals surface area (Å²) in [6, 6.07) is 18.4. The van der Waals surface area contributed by atoms with E-state index in [0.29, 0.717) is 18.7 Å². The van der Waals surface area contributed by atoms with Crippen molar-refractivity contribution in [1.29, 1.82) is 0 Å². The Hall–Kier alpha value is -3.34. The standard InChI is InChI=1S/C23H24N4O/c1-16-22(17(2)27(26-16)15-18-8-4-3-5-9-18)23(28)24-13-12-19-14-25-21-11-7-6-10-20(19)21/h3-11,14,25H,12-13,15H2,1-2H3,(H,24,28). The van der Waals surface area contributed by atoms with Gasteiger partial charge in [-0.3, -0.25) is 9.48 Å². The highest BCUT2D eigenvalue weighted by molar-refractivity contribution is 5.96. The van der Waals surface area contributed by atoms with E-state index in [1.165, 1.54) is 16.5 Å². The summed E-state index contributed by atoms with van der Waals surface area (Å²) in [5.74, 6) is -0.0610. The number of carbonyl (C=O) groups excluding carboxylic acids is 1. The van der Waals surface area contributed by atoms with Crippen LogP contribution in [0.25, 0.3) is 10.9 Å². The molecule has 0 bridgehead atoms. The minimum absolute atomic E-state index is 0.0610. The fraction of sp³-hybridized carbons (Fsp3) is 0.217. The number of aromatic amines is 1. The quantitative estimate of drug-likeness (QED) is 0.537. The monoisotopic (exact) mass is 372 g/mol. The topological polar surface area (TPSA) is 62.7 Å². The Balaban J connectivity index is 1.43. The number of para-hydroxylation sites is 1. The van der Waals surface area contributed by atoms with E-state index in [9.17, 15) is 4.79 Å². The summed E-state index contributed by atoms with van der Waals surface area (Å²) in [6.07, 6.45) is 2.80. The van der Waals surface area contributed by atoms with Crippen molar-refractivity contribution >= 4 is 16.8 Å². The number of H-pyrrole nitrogens is 1. The molecule has 0 aliphatic carbocycles. The van der Waals surface area contributed by atoms with Crippen molar-refractivity contribution in [2.24, 2.45) is 0 Å². The third-order valence-corrected chi connectivity index (χ3v) is 5.14. The molecule has 4 aromatic rings. The van der Waals surface area contributed by atoms with Crippen LogP contribution in [0, 0.1) is 13.8 Å². The molecular formula is C23H24N4O. The number of aromatic nitrogens is 3. The number of hydrogen-bond acceptors (Lipinski definition) is 2. The zero-order chi connectivity index (χ0) is 19.5. The molecule has 2 heterocycles. The molecule has 2 aromatic heterocycles. The first-order valence-corrected chi connectivity index (χ1v) is 9.54. The van der Waals surface area contributed by atoms with Crippen LogP contribution in [0.4, 0.5) is 0 Å². The molecular weight excluding hydrogens is 348 g/mol. The predicted octanol–water partition coefficient (Wildman–Crippen LogP) is 4.00. The van der Waals surface area contributed by atoms with Crippen LogP contribution in [0.3, 0.4) is 0 Å². The van der Waals surface area contributed by atoms with E-state index in [0.717, 1.165) is 23.3 Å². The number of benzene rings is 2. The summed E-state index contributed by atoms with van der Waals surface area (Å²) in [7, 11) is 0. The summed E-state index contributed by atoms with van der Waals surface area (Å²) in [5, 5.41) is 8.84. The molecule has 1 amide bonds.